The van der Waals surface area contributed by atoms with Crippen molar-refractivity contribution in [3.63, 3.8) is 0 Å². The molecule has 0 aromatic heterocycles. The lowest BCUT2D eigenvalue weighted by molar-refractivity contribution is 0.531. The Bertz CT molecular complexity index is 512. The minimum atomic E-state index is 0.568. The molecule has 1 heterocycles. The molecular formula is C17H18S. The van der Waals surface area contributed by atoms with Crippen molar-refractivity contribution in [2.75, 3.05) is 0 Å². The molecule has 0 N–H and O–H groups in total. The third-order valence-corrected chi connectivity index (χ3v) is 4.70. The summed E-state index contributed by atoms with van der Waals surface area (Å²) < 4.78 is 0. The van der Waals surface area contributed by atoms with E-state index in [0.29, 0.717) is 5.92 Å². The normalized spacial score (nSPS) is 14.4. The largest absolute Gasteiger partial charge is 0.0895 e. The van der Waals surface area contributed by atoms with Crippen LogP contribution in [0, 0.1) is 5.92 Å². The van der Waals surface area contributed by atoms with Crippen molar-refractivity contribution >= 4 is 11.8 Å². The molecule has 0 radical (unpaired) electrons. The van der Waals surface area contributed by atoms with Gasteiger partial charge in [0.15, 0.2) is 0 Å². The molecule has 1 heteroatoms. The smallest absolute Gasteiger partial charge is 0.0160 e. The van der Waals surface area contributed by atoms with E-state index in [1.807, 2.05) is 11.8 Å². The van der Waals surface area contributed by atoms with Crippen molar-refractivity contribution in [3.8, 4) is 0 Å². The maximum Gasteiger partial charge on any atom is 0.0160 e. The van der Waals surface area contributed by atoms with E-state index in [1.165, 1.54) is 27.3 Å². The molecule has 2 aromatic rings. The first-order valence-electron chi connectivity index (χ1n) is 6.61. The average molecular weight is 254 g/mol. The fraction of sp³-hybridized carbons (Fsp3) is 0.294. The zero-order valence-electron chi connectivity index (χ0n) is 10.9. The molecule has 0 saturated carbocycles. The van der Waals surface area contributed by atoms with Crippen LogP contribution in [0.25, 0.3) is 0 Å². The van der Waals surface area contributed by atoms with Gasteiger partial charge >= 0.3 is 0 Å². The van der Waals surface area contributed by atoms with Gasteiger partial charge in [0.1, 0.15) is 0 Å². The third kappa shape index (κ3) is 2.08. The first-order chi connectivity index (χ1) is 8.75. The van der Waals surface area contributed by atoms with E-state index in [9.17, 15) is 0 Å². The van der Waals surface area contributed by atoms with E-state index in [0.717, 1.165) is 5.92 Å². The Kier molecular flexibility index (Phi) is 3.17. The topological polar surface area (TPSA) is 0 Å². The summed E-state index contributed by atoms with van der Waals surface area (Å²) in [6.45, 7) is 4.62. The molecule has 0 saturated heterocycles. The minimum Gasteiger partial charge on any atom is -0.0895 e. The summed E-state index contributed by atoms with van der Waals surface area (Å²) >= 11 is 1.91. The Morgan fingerprint density at radius 1 is 0.889 bits per heavy atom. The maximum atomic E-state index is 2.31. The summed E-state index contributed by atoms with van der Waals surface area (Å²) in [7, 11) is 0. The van der Waals surface area contributed by atoms with Crippen LogP contribution in [0.3, 0.4) is 0 Å². The van der Waals surface area contributed by atoms with Gasteiger partial charge in [0.25, 0.3) is 0 Å². The molecule has 0 amide bonds. The number of rotatable bonds is 2. The fourth-order valence-corrected chi connectivity index (χ4v) is 3.92. The molecule has 0 nitrogen and oxygen atoms in total. The summed E-state index contributed by atoms with van der Waals surface area (Å²) in [4.78, 5) is 2.86. The number of fused-ring (bicyclic) bond motifs is 2. The van der Waals surface area contributed by atoms with Crippen molar-refractivity contribution < 1.29 is 0 Å². The van der Waals surface area contributed by atoms with Crippen LogP contribution >= 0.6 is 11.8 Å². The maximum absolute atomic E-state index is 2.31. The van der Waals surface area contributed by atoms with Crippen molar-refractivity contribution in [1.29, 1.82) is 0 Å². The second-order valence-electron chi connectivity index (χ2n) is 5.36. The van der Waals surface area contributed by atoms with Crippen LogP contribution in [0.5, 0.6) is 0 Å². The van der Waals surface area contributed by atoms with E-state index in [2.05, 4.69) is 62.4 Å². The summed E-state index contributed by atoms with van der Waals surface area (Å²) in [6.07, 6.45) is 1.23. The van der Waals surface area contributed by atoms with Crippen LogP contribution in [0.15, 0.2) is 58.3 Å². The molecule has 0 spiro atoms. The van der Waals surface area contributed by atoms with Gasteiger partial charge in [-0.15, -0.1) is 0 Å². The molecule has 1 aliphatic rings. The van der Waals surface area contributed by atoms with Crippen molar-refractivity contribution in [1.82, 2.24) is 0 Å². The molecule has 0 aliphatic carbocycles. The fourth-order valence-electron chi connectivity index (χ4n) is 2.73. The van der Waals surface area contributed by atoms with Gasteiger partial charge in [0.2, 0.25) is 0 Å². The van der Waals surface area contributed by atoms with Gasteiger partial charge in [-0.05, 0) is 35.6 Å². The Morgan fingerprint density at radius 3 is 1.89 bits per heavy atom. The van der Waals surface area contributed by atoms with Crippen LogP contribution in [-0.4, -0.2) is 0 Å². The highest BCUT2D eigenvalue weighted by Gasteiger charge is 2.25. The molecule has 0 atom stereocenters. The predicted octanol–water partition coefficient (Wildman–Crippen LogP) is 5.33. The van der Waals surface area contributed by atoms with Gasteiger partial charge in [0.05, 0.1) is 0 Å². The SMILES string of the molecule is CC(C)CC1c2ccccc2Sc2ccccc21. The minimum absolute atomic E-state index is 0.568. The van der Waals surface area contributed by atoms with Gasteiger partial charge in [-0.25, -0.2) is 0 Å². The van der Waals surface area contributed by atoms with Crippen LogP contribution in [-0.2, 0) is 0 Å². The van der Waals surface area contributed by atoms with Gasteiger partial charge in [-0.1, -0.05) is 62.0 Å². The van der Waals surface area contributed by atoms with E-state index in [1.54, 1.807) is 0 Å². The van der Waals surface area contributed by atoms with Gasteiger partial charge in [-0.2, -0.15) is 0 Å². The molecule has 2 aromatic carbocycles. The highest BCUT2D eigenvalue weighted by Crippen LogP contribution is 2.47. The van der Waals surface area contributed by atoms with Gasteiger partial charge < -0.3 is 0 Å². The van der Waals surface area contributed by atoms with Crippen molar-refractivity contribution in [2.45, 2.75) is 36.0 Å². The number of hydrogen-bond donors (Lipinski definition) is 0. The Hall–Kier alpha value is -1.21. The van der Waals surface area contributed by atoms with E-state index < -0.39 is 0 Å². The highest BCUT2D eigenvalue weighted by molar-refractivity contribution is 7.99. The van der Waals surface area contributed by atoms with Gasteiger partial charge in [-0.3, -0.25) is 0 Å². The molecule has 0 bridgehead atoms. The standard InChI is InChI=1S/C17H18S/c1-12(2)11-15-13-7-3-5-9-16(13)18-17-10-6-4-8-14(15)17/h3-10,12,15H,11H2,1-2H3. The average Bonchev–Trinajstić information content (AvgIpc) is 2.38. The predicted molar refractivity (Wildman–Crippen MR) is 78.3 cm³/mol. The second-order valence-corrected chi connectivity index (χ2v) is 6.44. The zero-order valence-corrected chi connectivity index (χ0v) is 11.7. The van der Waals surface area contributed by atoms with E-state index >= 15 is 0 Å². The molecule has 0 unspecified atom stereocenters. The Morgan fingerprint density at radius 2 is 1.39 bits per heavy atom. The zero-order chi connectivity index (χ0) is 12.5. The Labute approximate surface area is 113 Å². The Balaban J connectivity index is 2.11. The van der Waals surface area contributed by atoms with Gasteiger partial charge in [0, 0.05) is 15.7 Å². The second kappa shape index (κ2) is 4.81. The first-order valence-corrected chi connectivity index (χ1v) is 7.43. The molecule has 0 fully saturated rings. The molecule has 18 heavy (non-hydrogen) atoms. The van der Waals surface area contributed by atoms with Crippen LogP contribution < -0.4 is 0 Å². The molecular weight excluding hydrogens is 236 g/mol. The van der Waals surface area contributed by atoms with E-state index in [-0.39, 0.29) is 0 Å². The summed E-state index contributed by atoms with van der Waals surface area (Å²) in [5.41, 5.74) is 3.02. The summed E-state index contributed by atoms with van der Waals surface area (Å²) in [5.74, 6) is 1.29. The summed E-state index contributed by atoms with van der Waals surface area (Å²) in [5, 5.41) is 0. The molecule has 1 aliphatic heterocycles. The van der Waals surface area contributed by atoms with E-state index in [4.69, 9.17) is 0 Å². The third-order valence-electron chi connectivity index (χ3n) is 3.52. The highest BCUT2D eigenvalue weighted by atomic mass is 32.2. The summed E-state index contributed by atoms with van der Waals surface area (Å²) in [6, 6.07) is 17.7. The molecule has 3 rings (SSSR count). The quantitative estimate of drug-likeness (QED) is 0.698. The molecule has 92 valence electrons. The lowest BCUT2D eigenvalue weighted by Gasteiger charge is -2.29. The van der Waals surface area contributed by atoms with Crippen molar-refractivity contribution in [2.24, 2.45) is 5.92 Å². The van der Waals surface area contributed by atoms with Crippen LogP contribution in [0.4, 0.5) is 0 Å². The monoisotopic (exact) mass is 254 g/mol. The number of benzene rings is 2. The lowest BCUT2D eigenvalue weighted by atomic mass is 9.84. The lowest BCUT2D eigenvalue weighted by Crippen LogP contribution is -2.10. The van der Waals surface area contributed by atoms with Crippen molar-refractivity contribution in [3.05, 3.63) is 59.7 Å². The van der Waals surface area contributed by atoms with Crippen LogP contribution in [0.1, 0.15) is 37.3 Å². The first kappa shape index (κ1) is 11.9. The number of hydrogen-bond acceptors (Lipinski definition) is 1. The van der Waals surface area contributed by atoms with Crippen LogP contribution in [0.2, 0.25) is 0 Å².